The molecule has 0 spiro atoms. The third-order valence-electron chi connectivity index (χ3n) is 5.82. The predicted molar refractivity (Wildman–Crippen MR) is 143 cm³/mol. The summed E-state index contributed by atoms with van der Waals surface area (Å²) in [6.45, 7) is 8.60. The standard InChI is InChI=1S/C26H33N7O6/c1-6-10-32(26(37)39-14-38-25(36)17(5)27)24(35)19-12-33-21(16(19)4)22(29-13-30-33)31-20-11-18(9-8-15(20)3)23(34)28-7-2/h8-9,11-13,17H,6-7,10,14,27H2,1-5H3,(H,28,34)(H,29,30,31). The van der Waals surface area contributed by atoms with E-state index in [-0.39, 0.29) is 18.0 Å². The highest BCUT2D eigenvalue weighted by Crippen LogP contribution is 2.28. The van der Waals surface area contributed by atoms with E-state index in [1.54, 1.807) is 26.0 Å². The van der Waals surface area contributed by atoms with Crippen LogP contribution in [0.5, 0.6) is 0 Å². The zero-order valence-corrected chi connectivity index (χ0v) is 22.6. The summed E-state index contributed by atoms with van der Waals surface area (Å²) in [7, 11) is 0. The van der Waals surface area contributed by atoms with Gasteiger partial charge < -0.3 is 25.8 Å². The van der Waals surface area contributed by atoms with Crippen LogP contribution in [0.4, 0.5) is 16.3 Å². The third kappa shape index (κ3) is 6.68. The van der Waals surface area contributed by atoms with Crippen molar-refractivity contribution in [1.29, 1.82) is 0 Å². The first kappa shape index (κ1) is 29.0. The molecule has 1 unspecified atom stereocenters. The number of esters is 1. The molecule has 0 radical (unpaired) electrons. The quantitative estimate of drug-likeness (QED) is 0.257. The molecular weight excluding hydrogens is 506 g/mol. The van der Waals surface area contributed by atoms with Crippen molar-refractivity contribution >= 4 is 40.9 Å². The maximum Gasteiger partial charge on any atom is 0.419 e. The number of aryl methyl sites for hydroxylation is 2. The molecule has 3 amide bonds. The summed E-state index contributed by atoms with van der Waals surface area (Å²) in [6, 6.07) is 4.40. The number of hydrogen-bond donors (Lipinski definition) is 3. The lowest BCUT2D eigenvalue weighted by Crippen LogP contribution is -2.39. The topological polar surface area (TPSA) is 170 Å². The van der Waals surface area contributed by atoms with Crippen LogP contribution in [0.2, 0.25) is 0 Å². The molecule has 208 valence electrons. The van der Waals surface area contributed by atoms with Gasteiger partial charge in [-0.3, -0.25) is 14.4 Å². The maximum atomic E-state index is 13.4. The lowest BCUT2D eigenvalue weighted by Gasteiger charge is -2.19. The Morgan fingerprint density at radius 1 is 1.15 bits per heavy atom. The van der Waals surface area contributed by atoms with E-state index in [9.17, 15) is 19.2 Å². The second kappa shape index (κ2) is 12.8. The van der Waals surface area contributed by atoms with E-state index in [1.807, 2.05) is 19.9 Å². The van der Waals surface area contributed by atoms with Crippen LogP contribution < -0.4 is 16.4 Å². The van der Waals surface area contributed by atoms with Gasteiger partial charge in [0.25, 0.3) is 11.8 Å². The van der Waals surface area contributed by atoms with E-state index in [1.165, 1.54) is 24.0 Å². The van der Waals surface area contributed by atoms with Gasteiger partial charge in [0.05, 0.1) is 5.56 Å². The Balaban J connectivity index is 1.90. The molecule has 4 N–H and O–H groups in total. The zero-order chi connectivity index (χ0) is 28.7. The monoisotopic (exact) mass is 539 g/mol. The third-order valence-corrected chi connectivity index (χ3v) is 5.82. The first-order valence-electron chi connectivity index (χ1n) is 12.5. The van der Waals surface area contributed by atoms with Crippen LogP contribution in [-0.2, 0) is 14.3 Å². The van der Waals surface area contributed by atoms with Crippen LogP contribution in [0.1, 0.15) is 59.0 Å². The highest BCUT2D eigenvalue weighted by atomic mass is 16.7. The largest absolute Gasteiger partial charge is 0.427 e. The number of amides is 3. The number of nitrogens with one attached hydrogen (secondary N) is 2. The average molecular weight is 540 g/mol. The number of ether oxygens (including phenoxy) is 2. The molecule has 0 bridgehead atoms. The van der Waals surface area contributed by atoms with Gasteiger partial charge >= 0.3 is 12.1 Å². The summed E-state index contributed by atoms with van der Waals surface area (Å²) in [4.78, 5) is 55.3. The number of aromatic nitrogens is 3. The Morgan fingerprint density at radius 3 is 2.56 bits per heavy atom. The van der Waals surface area contributed by atoms with Gasteiger partial charge in [-0.2, -0.15) is 5.10 Å². The molecule has 1 atom stereocenters. The summed E-state index contributed by atoms with van der Waals surface area (Å²) in [5.74, 6) is -1.14. The number of nitrogens with zero attached hydrogens (tertiary/aromatic N) is 4. The Hall–Kier alpha value is -4.52. The smallest absolute Gasteiger partial charge is 0.419 e. The van der Waals surface area contributed by atoms with Crippen molar-refractivity contribution in [1.82, 2.24) is 24.8 Å². The van der Waals surface area contributed by atoms with Crippen LogP contribution >= 0.6 is 0 Å². The highest BCUT2D eigenvalue weighted by Gasteiger charge is 2.28. The summed E-state index contributed by atoms with van der Waals surface area (Å²) in [6.07, 6.45) is 2.35. The zero-order valence-electron chi connectivity index (χ0n) is 22.6. The van der Waals surface area contributed by atoms with E-state index in [0.717, 1.165) is 10.5 Å². The van der Waals surface area contributed by atoms with E-state index in [4.69, 9.17) is 15.2 Å². The lowest BCUT2D eigenvalue weighted by molar-refractivity contribution is -0.153. The van der Waals surface area contributed by atoms with Gasteiger partial charge in [0, 0.05) is 30.5 Å². The summed E-state index contributed by atoms with van der Waals surface area (Å²) >= 11 is 0. The molecule has 39 heavy (non-hydrogen) atoms. The number of benzene rings is 1. The van der Waals surface area contributed by atoms with Gasteiger partial charge in [0.2, 0.25) is 6.79 Å². The maximum absolute atomic E-state index is 13.4. The van der Waals surface area contributed by atoms with Crippen molar-refractivity contribution in [3.05, 3.63) is 53.0 Å². The molecule has 3 aromatic rings. The molecule has 0 saturated carbocycles. The van der Waals surface area contributed by atoms with Crippen molar-refractivity contribution in [3.63, 3.8) is 0 Å². The molecule has 2 aromatic heterocycles. The number of rotatable bonds is 10. The first-order chi connectivity index (χ1) is 18.6. The van der Waals surface area contributed by atoms with Crippen molar-refractivity contribution in [2.75, 3.05) is 25.2 Å². The Kier molecular flexibility index (Phi) is 9.55. The van der Waals surface area contributed by atoms with Crippen LogP contribution in [0, 0.1) is 13.8 Å². The molecular formula is C26H33N7O6. The number of carbonyl (C=O) groups is 4. The fourth-order valence-electron chi connectivity index (χ4n) is 3.75. The number of hydrogen-bond acceptors (Lipinski definition) is 10. The van der Waals surface area contributed by atoms with Gasteiger partial charge in [0.1, 0.15) is 17.9 Å². The van der Waals surface area contributed by atoms with Crippen molar-refractivity contribution in [3.8, 4) is 0 Å². The minimum absolute atomic E-state index is 0.0765. The van der Waals surface area contributed by atoms with E-state index >= 15 is 0 Å². The first-order valence-corrected chi connectivity index (χ1v) is 12.5. The van der Waals surface area contributed by atoms with Crippen molar-refractivity contribution in [2.45, 2.75) is 47.1 Å². The summed E-state index contributed by atoms with van der Waals surface area (Å²) in [5, 5.41) is 10.2. The summed E-state index contributed by atoms with van der Waals surface area (Å²) in [5.41, 5.74) is 8.69. The van der Waals surface area contributed by atoms with Gasteiger partial charge in [0.15, 0.2) is 5.82 Å². The van der Waals surface area contributed by atoms with Gasteiger partial charge in [-0.05, 0) is 57.4 Å². The van der Waals surface area contributed by atoms with Gasteiger partial charge in [-0.25, -0.2) is 19.2 Å². The molecule has 0 aliphatic carbocycles. The molecule has 13 nitrogen and oxygen atoms in total. The van der Waals surface area contributed by atoms with Crippen molar-refractivity contribution in [2.24, 2.45) is 5.73 Å². The van der Waals surface area contributed by atoms with Crippen LogP contribution in [-0.4, -0.2) is 69.3 Å². The molecule has 0 saturated heterocycles. The number of nitrogens with two attached hydrogens (primary N) is 1. The normalized spacial score (nSPS) is 11.5. The minimum Gasteiger partial charge on any atom is -0.427 e. The van der Waals surface area contributed by atoms with Crippen LogP contribution in [0.15, 0.2) is 30.7 Å². The van der Waals surface area contributed by atoms with Gasteiger partial charge in [-0.15, -0.1) is 0 Å². The van der Waals surface area contributed by atoms with E-state index < -0.39 is 30.8 Å². The number of fused-ring (bicyclic) bond motifs is 1. The molecule has 0 aliphatic rings. The Morgan fingerprint density at radius 2 is 1.90 bits per heavy atom. The van der Waals surface area contributed by atoms with E-state index in [2.05, 4.69) is 20.7 Å². The Labute approximate surface area is 225 Å². The van der Waals surface area contributed by atoms with E-state index in [0.29, 0.717) is 41.1 Å². The van der Waals surface area contributed by atoms with Crippen molar-refractivity contribution < 1.29 is 28.7 Å². The predicted octanol–water partition coefficient (Wildman–Crippen LogP) is 2.68. The number of imide groups is 1. The molecule has 2 heterocycles. The molecule has 13 heteroatoms. The fraction of sp³-hybridized carbons (Fsp3) is 0.385. The van der Waals surface area contributed by atoms with Crippen LogP contribution in [0.3, 0.4) is 0 Å². The fourth-order valence-corrected chi connectivity index (χ4v) is 3.75. The van der Waals surface area contributed by atoms with Crippen LogP contribution in [0.25, 0.3) is 5.52 Å². The second-order valence-electron chi connectivity index (χ2n) is 8.82. The number of anilines is 2. The minimum atomic E-state index is -0.962. The molecule has 3 rings (SSSR count). The number of carbonyl (C=O) groups excluding carboxylic acids is 4. The highest BCUT2D eigenvalue weighted by molar-refractivity contribution is 6.05. The van der Waals surface area contributed by atoms with Gasteiger partial charge in [-0.1, -0.05) is 13.0 Å². The molecule has 0 fully saturated rings. The second-order valence-corrected chi connectivity index (χ2v) is 8.82. The lowest BCUT2D eigenvalue weighted by atomic mass is 10.1. The Bertz CT molecular complexity index is 1380. The molecule has 1 aromatic carbocycles. The average Bonchev–Trinajstić information content (AvgIpc) is 3.25. The molecule has 0 aliphatic heterocycles. The SMILES string of the molecule is CCCN(C(=O)OCOC(=O)C(C)N)C(=O)c1cn2ncnc(Nc3cc(C(=O)NCC)ccc3C)c2c1C. The summed E-state index contributed by atoms with van der Waals surface area (Å²) < 4.78 is 11.3.